The third kappa shape index (κ3) is 2.98. The minimum atomic E-state index is -0.374. The maximum Gasteiger partial charge on any atom is 0.254 e. The van der Waals surface area contributed by atoms with Crippen LogP contribution in [0.2, 0.25) is 5.15 Å². The lowest BCUT2D eigenvalue weighted by Crippen LogP contribution is -2.38. The molecule has 2 amide bonds. The zero-order chi connectivity index (χ0) is 13.0. The summed E-state index contributed by atoms with van der Waals surface area (Å²) in [6, 6.07) is 3.20. The van der Waals surface area contributed by atoms with Crippen LogP contribution in [0.15, 0.2) is 18.3 Å². The van der Waals surface area contributed by atoms with Crippen LogP contribution in [0.1, 0.15) is 23.2 Å². The van der Waals surface area contributed by atoms with Gasteiger partial charge in [0.2, 0.25) is 5.91 Å². The summed E-state index contributed by atoms with van der Waals surface area (Å²) in [5.74, 6) is -0.429. The van der Waals surface area contributed by atoms with Gasteiger partial charge in [-0.05, 0) is 25.0 Å². The molecular formula is C12H14ClN3O2. The summed E-state index contributed by atoms with van der Waals surface area (Å²) < 4.78 is 0. The predicted molar refractivity (Wildman–Crippen MR) is 67.4 cm³/mol. The number of carbonyl (C=O) groups excluding carboxylic acids is 2. The highest BCUT2D eigenvalue weighted by atomic mass is 35.5. The minimum Gasteiger partial charge on any atom is -0.343 e. The number of carbonyl (C=O) groups is 2. The van der Waals surface area contributed by atoms with Crippen molar-refractivity contribution in [2.24, 2.45) is 0 Å². The average molecular weight is 268 g/mol. The van der Waals surface area contributed by atoms with Crippen LogP contribution >= 0.6 is 11.6 Å². The Hall–Kier alpha value is -1.62. The van der Waals surface area contributed by atoms with Gasteiger partial charge in [-0.3, -0.25) is 9.59 Å². The number of rotatable bonds is 3. The van der Waals surface area contributed by atoms with E-state index < -0.39 is 0 Å². The quantitative estimate of drug-likeness (QED) is 0.834. The number of nitrogens with zero attached hydrogens (tertiary/aromatic N) is 2. The molecule has 1 aliphatic rings. The van der Waals surface area contributed by atoms with E-state index in [0.29, 0.717) is 0 Å². The summed E-state index contributed by atoms with van der Waals surface area (Å²) in [4.78, 5) is 29.1. The van der Waals surface area contributed by atoms with Crippen molar-refractivity contribution in [3.63, 3.8) is 0 Å². The third-order valence-corrected chi connectivity index (χ3v) is 3.16. The summed E-state index contributed by atoms with van der Waals surface area (Å²) in [7, 11) is 0. The van der Waals surface area contributed by atoms with Crippen LogP contribution in [-0.2, 0) is 4.79 Å². The largest absolute Gasteiger partial charge is 0.343 e. The molecule has 1 aromatic rings. The fourth-order valence-electron chi connectivity index (χ4n) is 1.88. The second-order valence-electron chi connectivity index (χ2n) is 4.11. The van der Waals surface area contributed by atoms with Gasteiger partial charge in [0, 0.05) is 19.3 Å². The first-order valence-electron chi connectivity index (χ1n) is 5.85. The molecule has 0 spiro atoms. The average Bonchev–Trinajstić information content (AvgIpc) is 2.90. The van der Waals surface area contributed by atoms with Crippen molar-refractivity contribution in [1.29, 1.82) is 0 Å². The molecule has 2 heterocycles. The Morgan fingerprint density at radius 1 is 1.39 bits per heavy atom. The number of pyridine rings is 1. The van der Waals surface area contributed by atoms with E-state index in [0.717, 1.165) is 25.9 Å². The fraction of sp³-hybridized carbons (Fsp3) is 0.417. The lowest BCUT2D eigenvalue weighted by Gasteiger charge is -2.15. The maximum atomic E-state index is 11.8. The van der Waals surface area contributed by atoms with Gasteiger partial charge in [-0.25, -0.2) is 4.98 Å². The molecule has 0 atom stereocenters. The van der Waals surface area contributed by atoms with Gasteiger partial charge in [0.05, 0.1) is 12.1 Å². The van der Waals surface area contributed by atoms with Crippen LogP contribution in [0, 0.1) is 0 Å². The molecule has 0 aromatic carbocycles. The van der Waals surface area contributed by atoms with E-state index in [9.17, 15) is 9.59 Å². The molecule has 1 aliphatic heterocycles. The molecule has 1 fully saturated rings. The molecule has 1 N–H and O–H groups in total. The van der Waals surface area contributed by atoms with Gasteiger partial charge in [-0.15, -0.1) is 0 Å². The smallest absolute Gasteiger partial charge is 0.254 e. The van der Waals surface area contributed by atoms with Gasteiger partial charge in [0.15, 0.2) is 0 Å². The van der Waals surface area contributed by atoms with Crippen LogP contribution < -0.4 is 5.32 Å². The van der Waals surface area contributed by atoms with E-state index in [-0.39, 0.29) is 29.1 Å². The Labute approximate surface area is 110 Å². The number of halogens is 1. The first-order valence-corrected chi connectivity index (χ1v) is 6.23. The molecule has 0 saturated carbocycles. The molecule has 6 heteroatoms. The fourth-order valence-corrected chi connectivity index (χ4v) is 2.09. The SMILES string of the molecule is O=C(NCC(=O)N1CCCC1)c1cccnc1Cl. The molecule has 0 aliphatic carbocycles. The van der Waals surface area contributed by atoms with Crippen LogP contribution in [0.3, 0.4) is 0 Å². The van der Waals surface area contributed by atoms with Crippen LogP contribution in [-0.4, -0.2) is 41.3 Å². The number of likely N-dealkylation sites (tertiary alicyclic amines) is 1. The van der Waals surface area contributed by atoms with Gasteiger partial charge < -0.3 is 10.2 Å². The first-order chi connectivity index (χ1) is 8.68. The molecule has 0 radical (unpaired) electrons. The summed E-state index contributed by atoms with van der Waals surface area (Å²) in [5.41, 5.74) is 0.286. The predicted octanol–water partition coefficient (Wildman–Crippen LogP) is 1.09. The molecule has 18 heavy (non-hydrogen) atoms. The third-order valence-electron chi connectivity index (χ3n) is 2.86. The van der Waals surface area contributed by atoms with Gasteiger partial charge in [0.1, 0.15) is 5.15 Å². The van der Waals surface area contributed by atoms with Gasteiger partial charge in [-0.1, -0.05) is 11.6 Å². The van der Waals surface area contributed by atoms with Crippen LogP contribution in [0.25, 0.3) is 0 Å². The van der Waals surface area contributed by atoms with Gasteiger partial charge in [-0.2, -0.15) is 0 Å². The Morgan fingerprint density at radius 2 is 2.11 bits per heavy atom. The van der Waals surface area contributed by atoms with E-state index in [4.69, 9.17) is 11.6 Å². The summed E-state index contributed by atoms with van der Waals surface area (Å²) in [6.45, 7) is 1.56. The van der Waals surface area contributed by atoms with Crippen molar-refractivity contribution in [2.45, 2.75) is 12.8 Å². The van der Waals surface area contributed by atoms with E-state index >= 15 is 0 Å². The molecule has 0 bridgehead atoms. The molecule has 1 saturated heterocycles. The van der Waals surface area contributed by atoms with E-state index in [1.54, 1.807) is 17.0 Å². The van der Waals surface area contributed by atoms with Crippen molar-refractivity contribution < 1.29 is 9.59 Å². The van der Waals surface area contributed by atoms with E-state index in [1.807, 2.05) is 0 Å². The first kappa shape index (κ1) is 12.8. The summed E-state index contributed by atoms with van der Waals surface area (Å²) in [5, 5.41) is 2.70. The van der Waals surface area contributed by atoms with Crippen LogP contribution in [0.4, 0.5) is 0 Å². The number of hydrogen-bond donors (Lipinski definition) is 1. The van der Waals surface area contributed by atoms with Crippen molar-refractivity contribution in [2.75, 3.05) is 19.6 Å². The second kappa shape index (κ2) is 5.82. The highest BCUT2D eigenvalue weighted by Crippen LogP contribution is 2.11. The lowest BCUT2D eigenvalue weighted by molar-refractivity contribution is -0.129. The topological polar surface area (TPSA) is 62.3 Å². The molecule has 2 rings (SSSR count). The Morgan fingerprint density at radius 3 is 2.78 bits per heavy atom. The molecule has 0 unspecified atom stereocenters. The molecular weight excluding hydrogens is 254 g/mol. The van der Waals surface area contributed by atoms with Gasteiger partial charge >= 0.3 is 0 Å². The van der Waals surface area contributed by atoms with Crippen LogP contribution in [0.5, 0.6) is 0 Å². The van der Waals surface area contributed by atoms with E-state index in [1.165, 1.54) is 6.20 Å². The van der Waals surface area contributed by atoms with Crippen molar-refractivity contribution in [1.82, 2.24) is 15.2 Å². The second-order valence-corrected chi connectivity index (χ2v) is 4.47. The zero-order valence-corrected chi connectivity index (χ0v) is 10.6. The number of nitrogens with one attached hydrogen (secondary N) is 1. The summed E-state index contributed by atoms with van der Waals surface area (Å²) in [6.07, 6.45) is 3.58. The number of hydrogen-bond acceptors (Lipinski definition) is 3. The lowest BCUT2D eigenvalue weighted by atomic mass is 10.2. The monoisotopic (exact) mass is 267 g/mol. The normalized spacial score (nSPS) is 14.6. The number of aromatic nitrogens is 1. The zero-order valence-electron chi connectivity index (χ0n) is 9.86. The van der Waals surface area contributed by atoms with Crippen molar-refractivity contribution >= 4 is 23.4 Å². The minimum absolute atomic E-state index is 0.00402. The Kier molecular flexibility index (Phi) is 4.15. The van der Waals surface area contributed by atoms with Crippen molar-refractivity contribution in [3.8, 4) is 0 Å². The Balaban J connectivity index is 1.88. The van der Waals surface area contributed by atoms with Crippen molar-refractivity contribution in [3.05, 3.63) is 29.0 Å². The molecule has 96 valence electrons. The molecule has 1 aromatic heterocycles. The van der Waals surface area contributed by atoms with Gasteiger partial charge in [0.25, 0.3) is 5.91 Å². The Bertz CT molecular complexity index is 458. The van der Waals surface area contributed by atoms with E-state index in [2.05, 4.69) is 10.3 Å². The highest BCUT2D eigenvalue weighted by molar-refractivity contribution is 6.32. The summed E-state index contributed by atoms with van der Waals surface area (Å²) >= 11 is 5.79. The maximum absolute atomic E-state index is 11.8. The standard InChI is InChI=1S/C12H14ClN3O2/c13-11-9(4-3-5-14-11)12(18)15-8-10(17)16-6-1-2-7-16/h3-5H,1-2,6-8H2,(H,15,18). The number of amides is 2. The molecule has 5 nitrogen and oxygen atoms in total. The highest BCUT2D eigenvalue weighted by Gasteiger charge is 2.19.